The minimum absolute atomic E-state index is 0.0220. The summed E-state index contributed by atoms with van der Waals surface area (Å²) in [6.07, 6.45) is 4.91. The Morgan fingerprint density at radius 2 is 1.96 bits per heavy atom. The maximum absolute atomic E-state index is 12.5. The number of amides is 1. The predicted molar refractivity (Wildman–Crippen MR) is 92.8 cm³/mol. The highest BCUT2D eigenvalue weighted by Crippen LogP contribution is 2.14. The number of nitrogens with zero attached hydrogens (tertiary/aromatic N) is 6. The summed E-state index contributed by atoms with van der Waals surface area (Å²) in [4.78, 5) is 37.2. The van der Waals surface area contributed by atoms with Crippen LogP contribution in [-0.4, -0.2) is 55.9 Å². The molecule has 1 amide bonds. The normalized spacial score (nSPS) is 14.9. The van der Waals surface area contributed by atoms with Crippen LogP contribution in [0.15, 0.2) is 47.8 Å². The molecule has 1 saturated heterocycles. The van der Waals surface area contributed by atoms with Gasteiger partial charge >= 0.3 is 0 Å². The molecule has 0 N–H and O–H groups in total. The molecule has 0 spiro atoms. The third-order valence-electron chi connectivity index (χ3n) is 4.48. The van der Waals surface area contributed by atoms with Gasteiger partial charge in [0.2, 0.25) is 0 Å². The lowest BCUT2D eigenvalue weighted by atomic mass is 10.2. The Morgan fingerprint density at radius 3 is 2.68 bits per heavy atom. The van der Waals surface area contributed by atoms with Gasteiger partial charge in [-0.15, -0.1) is 0 Å². The van der Waals surface area contributed by atoms with E-state index in [4.69, 9.17) is 0 Å². The zero-order chi connectivity index (χ0) is 17.4. The fourth-order valence-corrected chi connectivity index (χ4v) is 3.07. The monoisotopic (exact) mass is 338 g/mol. The van der Waals surface area contributed by atoms with Gasteiger partial charge in [-0.25, -0.2) is 9.97 Å². The first kappa shape index (κ1) is 15.4. The fraction of sp³-hybridized carbons (Fsp3) is 0.294. The van der Waals surface area contributed by atoms with Crippen molar-refractivity contribution in [2.24, 2.45) is 7.05 Å². The second kappa shape index (κ2) is 6.04. The van der Waals surface area contributed by atoms with Gasteiger partial charge in [-0.3, -0.25) is 14.0 Å². The van der Waals surface area contributed by atoms with E-state index in [2.05, 4.69) is 9.97 Å². The van der Waals surface area contributed by atoms with E-state index in [1.807, 2.05) is 24.1 Å². The molecule has 8 nitrogen and oxygen atoms in total. The van der Waals surface area contributed by atoms with Crippen molar-refractivity contribution < 1.29 is 4.79 Å². The summed E-state index contributed by atoms with van der Waals surface area (Å²) in [6, 6.07) is 7.02. The fourth-order valence-electron chi connectivity index (χ4n) is 3.07. The number of anilines is 1. The van der Waals surface area contributed by atoms with Crippen LogP contribution in [0.1, 0.15) is 10.5 Å². The summed E-state index contributed by atoms with van der Waals surface area (Å²) in [5.74, 6) is 0.634. The molecule has 0 atom stereocenters. The molecule has 128 valence electrons. The molecule has 1 fully saturated rings. The van der Waals surface area contributed by atoms with Crippen LogP contribution >= 0.6 is 0 Å². The smallest absolute Gasteiger partial charge is 0.272 e. The number of carbonyl (C=O) groups is 1. The SMILES string of the molecule is Cn1cncc1C(=O)N1CCN(c2cc(=O)n3ccccc3n2)CC1. The Morgan fingerprint density at radius 1 is 1.16 bits per heavy atom. The van der Waals surface area contributed by atoms with Gasteiger partial charge in [0.05, 0.1) is 12.5 Å². The summed E-state index contributed by atoms with van der Waals surface area (Å²) in [5.41, 5.74) is 1.10. The molecular formula is C17H18N6O2. The van der Waals surface area contributed by atoms with Gasteiger partial charge in [0.25, 0.3) is 11.5 Å². The molecule has 0 aromatic carbocycles. The number of fused-ring (bicyclic) bond motifs is 1. The van der Waals surface area contributed by atoms with Crippen LogP contribution in [0, 0.1) is 0 Å². The van der Waals surface area contributed by atoms with E-state index < -0.39 is 0 Å². The van der Waals surface area contributed by atoms with Crippen molar-refractivity contribution in [3.05, 3.63) is 59.0 Å². The van der Waals surface area contributed by atoms with Crippen LogP contribution in [-0.2, 0) is 7.05 Å². The van der Waals surface area contributed by atoms with Crippen LogP contribution in [0.4, 0.5) is 5.82 Å². The summed E-state index contributed by atoms with van der Waals surface area (Å²) in [7, 11) is 1.81. The van der Waals surface area contributed by atoms with Gasteiger partial charge in [-0.05, 0) is 12.1 Å². The second-order valence-corrected chi connectivity index (χ2v) is 6.05. The molecule has 3 aromatic rings. The van der Waals surface area contributed by atoms with E-state index in [-0.39, 0.29) is 11.5 Å². The Kier molecular flexibility index (Phi) is 3.72. The summed E-state index contributed by atoms with van der Waals surface area (Å²) < 4.78 is 3.24. The van der Waals surface area contributed by atoms with Crippen molar-refractivity contribution in [3.8, 4) is 0 Å². The predicted octanol–water partition coefficient (Wildman–Crippen LogP) is 0.390. The molecule has 4 rings (SSSR count). The largest absolute Gasteiger partial charge is 0.353 e. The molecule has 8 heteroatoms. The van der Waals surface area contributed by atoms with Crippen molar-refractivity contribution in [3.63, 3.8) is 0 Å². The zero-order valence-corrected chi connectivity index (χ0v) is 13.9. The van der Waals surface area contributed by atoms with Crippen LogP contribution in [0.2, 0.25) is 0 Å². The molecule has 0 unspecified atom stereocenters. The molecule has 0 bridgehead atoms. The van der Waals surface area contributed by atoms with Crippen LogP contribution in [0.25, 0.3) is 5.65 Å². The summed E-state index contributed by atoms with van der Waals surface area (Å²) >= 11 is 0. The molecular weight excluding hydrogens is 320 g/mol. The van der Waals surface area contributed by atoms with Crippen LogP contribution in [0.3, 0.4) is 0 Å². The average molecular weight is 338 g/mol. The lowest BCUT2D eigenvalue weighted by molar-refractivity contribution is 0.0737. The molecule has 4 heterocycles. The topological polar surface area (TPSA) is 75.7 Å². The molecule has 0 saturated carbocycles. The van der Waals surface area contributed by atoms with E-state index in [0.717, 1.165) is 0 Å². The van der Waals surface area contributed by atoms with Gasteiger partial charge in [0, 0.05) is 45.5 Å². The highest BCUT2D eigenvalue weighted by molar-refractivity contribution is 5.92. The average Bonchev–Trinajstić information content (AvgIpc) is 3.07. The highest BCUT2D eigenvalue weighted by Gasteiger charge is 2.24. The number of hydrogen-bond acceptors (Lipinski definition) is 5. The first-order chi connectivity index (χ1) is 12.1. The number of pyridine rings is 1. The van der Waals surface area contributed by atoms with Crippen LogP contribution < -0.4 is 10.5 Å². The molecule has 0 radical (unpaired) electrons. The molecule has 1 aliphatic rings. The Bertz CT molecular complexity index is 984. The standard InChI is InChI=1S/C17H18N6O2/c1-20-12-18-11-13(20)17(25)22-8-6-21(7-9-22)15-10-16(24)23-5-3-2-4-14(23)19-15/h2-5,10-12H,6-9H2,1H3. The van der Waals surface area contributed by atoms with E-state index in [9.17, 15) is 9.59 Å². The summed E-state index contributed by atoms with van der Waals surface area (Å²) in [5, 5.41) is 0. The van der Waals surface area contributed by atoms with Gasteiger partial charge < -0.3 is 14.4 Å². The van der Waals surface area contributed by atoms with Crippen molar-refractivity contribution in [2.75, 3.05) is 31.1 Å². The minimum Gasteiger partial charge on any atom is -0.353 e. The van der Waals surface area contributed by atoms with Crippen LogP contribution in [0.5, 0.6) is 0 Å². The number of carbonyl (C=O) groups excluding carboxylic acids is 1. The highest BCUT2D eigenvalue weighted by atomic mass is 16.2. The Hall–Kier alpha value is -3.16. The lowest BCUT2D eigenvalue weighted by Gasteiger charge is -2.35. The third kappa shape index (κ3) is 2.75. The number of aromatic nitrogens is 4. The van der Waals surface area contributed by atoms with Gasteiger partial charge in [-0.1, -0.05) is 6.07 Å². The Labute approximate surface area is 144 Å². The van der Waals surface area contributed by atoms with Crippen molar-refractivity contribution in [2.45, 2.75) is 0 Å². The number of rotatable bonds is 2. The Balaban J connectivity index is 1.51. The quantitative estimate of drug-likeness (QED) is 0.676. The maximum atomic E-state index is 12.5. The van der Waals surface area contributed by atoms with Crippen molar-refractivity contribution in [1.29, 1.82) is 0 Å². The minimum atomic E-state index is -0.103. The zero-order valence-electron chi connectivity index (χ0n) is 13.9. The van der Waals surface area contributed by atoms with E-state index in [0.29, 0.717) is 43.3 Å². The number of imidazole rings is 1. The van der Waals surface area contributed by atoms with Crippen molar-refractivity contribution >= 4 is 17.4 Å². The van der Waals surface area contributed by atoms with Gasteiger partial charge in [0.1, 0.15) is 17.2 Å². The maximum Gasteiger partial charge on any atom is 0.272 e. The summed E-state index contributed by atoms with van der Waals surface area (Å²) in [6.45, 7) is 2.44. The third-order valence-corrected chi connectivity index (χ3v) is 4.48. The molecule has 0 aliphatic carbocycles. The first-order valence-electron chi connectivity index (χ1n) is 8.12. The number of hydrogen-bond donors (Lipinski definition) is 0. The first-order valence-corrected chi connectivity index (χ1v) is 8.12. The second-order valence-electron chi connectivity index (χ2n) is 6.05. The number of piperazine rings is 1. The molecule has 1 aliphatic heterocycles. The molecule has 25 heavy (non-hydrogen) atoms. The van der Waals surface area contributed by atoms with Crippen molar-refractivity contribution in [1.82, 2.24) is 23.8 Å². The van der Waals surface area contributed by atoms with E-state index in [1.54, 1.807) is 40.3 Å². The lowest BCUT2D eigenvalue weighted by Crippen LogP contribution is -2.49. The van der Waals surface area contributed by atoms with E-state index in [1.165, 1.54) is 4.40 Å². The van der Waals surface area contributed by atoms with E-state index >= 15 is 0 Å². The van der Waals surface area contributed by atoms with Gasteiger partial charge in [-0.2, -0.15) is 0 Å². The molecule has 3 aromatic heterocycles. The number of aryl methyl sites for hydroxylation is 1. The van der Waals surface area contributed by atoms with Gasteiger partial charge in [0.15, 0.2) is 0 Å².